The van der Waals surface area contributed by atoms with Crippen molar-refractivity contribution in [1.29, 1.82) is 5.26 Å². The molecule has 3 heteroatoms. The number of fused-ring (bicyclic) bond motifs is 1. The molecular weight excluding hydrogens is 128 g/mol. The second-order valence-electron chi connectivity index (χ2n) is 3.04. The number of hydrogen-bond donors (Lipinski definition) is 0. The van der Waals surface area contributed by atoms with Crippen LogP contribution in [0.25, 0.3) is 0 Å². The van der Waals surface area contributed by atoms with E-state index in [0.29, 0.717) is 11.8 Å². The summed E-state index contributed by atoms with van der Waals surface area (Å²) in [6.07, 6.45) is 1.95. The number of piperidine rings is 1. The normalized spacial score (nSPS) is 42.3. The third kappa shape index (κ3) is 0.563. The minimum absolute atomic E-state index is 0.109. The number of rotatable bonds is 1. The summed E-state index contributed by atoms with van der Waals surface area (Å²) >= 11 is 0. The van der Waals surface area contributed by atoms with Crippen LogP contribution in [-0.2, 0) is 4.79 Å². The van der Waals surface area contributed by atoms with Gasteiger partial charge in [0.1, 0.15) is 6.04 Å². The van der Waals surface area contributed by atoms with Gasteiger partial charge in [0.15, 0.2) is 0 Å². The minimum atomic E-state index is -0.109. The Balaban J connectivity index is 2.13. The summed E-state index contributed by atoms with van der Waals surface area (Å²) in [5.41, 5.74) is 0. The van der Waals surface area contributed by atoms with Crippen molar-refractivity contribution >= 4 is 6.41 Å². The maximum atomic E-state index is 10.3. The van der Waals surface area contributed by atoms with Crippen molar-refractivity contribution in [2.45, 2.75) is 12.5 Å². The van der Waals surface area contributed by atoms with Gasteiger partial charge >= 0.3 is 0 Å². The molecular formula is C7H8N2O. The molecule has 1 saturated heterocycles. The molecule has 0 N–H and O–H groups in total. The number of hydrogen-bond acceptors (Lipinski definition) is 2. The van der Waals surface area contributed by atoms with E-state index < -0.39 is 0 Å². The standard InChI is InChI=1S/C7H8N2O/c8-2-7-6-1-5(6)3-9(7)4-10/h4-7H,1,3H2. The van der Waals surface area contributed by atoms with Gasteiger partial charge < -0.3 is 4.90 Å². The van der Waals surface area contributed by atoms with Crippen LogP contribution in [0.15, 0.2) is 0 Å². The third-order valence-electron chi connectivity index (χ3n) is 2.45. The highest BCUT2D eigenvalue weighted by atomic mass is 16.1. The van der Waals surface area contributed by atoms with Gasteiger partial charge in [-0.05, 0) is 18.3 Å². The molecule has 10 heavy (non-hydrogen) atoms. The molecule has 3 unspecified atom stereocenters. The lowest BCUT2D eigenvalue weighted by molar-refractivity contribution is -0.118. The van der Waals surface area contributed by atoms with E-state index in [1.807, 2.05) is 0 Å². The van der Waals surface area contributed by atoms with Gasteiger partial charge in [-0.3, -0.25) is 4.79 Å². The first-order valence-electron chi connectivity index (χ1n) is 3.47. The molecule has 2 rings (SSSR count). The molecule has 1 saturated carbocycles. The molecule has 2 aliphatic rings. The number of nitrogens with zero attached hydrogens (tertiary/aromatic N) is 2. The Labute approximate surface area is 59.2 Å². The summed E-state index contributed by atoms with van der Waals surface area (Å²) in [6.45, 7) is 0.812. The molecule has 0 bridgehead atoms. The fourth-order valence-corrected chi connectivity index (χ4v) is 1.78. The van der Waals surface area contributed by atoms with Gasteiger partial charge in [-0.1, -0.05) is 0 Å². The van der Waals surface area contributed by atoms with Crippen molar-refractivity contribution in [1.82, 2.24) is 4.90 Å². The Kier molecular flexibility index (Phi) is 0.986. The summed E-state index contributed by atoms with van der Waals surface area (Å²) in [4.78, 5) is 11.9. The van der Waals surface area contributed by atoms with Gasteiger partial charge in [-0.15, -0.1) is 0 Å². The van der Waals surface area contributed by atoms with Crippen molar-refractivity contribution in [3.63, 3.8) is 0 Å². The predicted octanol–water partition coefficient (Wildman–Crippen LogP) is -0.0133. The molecule has 0 aromatic carbocycles. The van der Waals surface area contributed by atoms with Crippen molar-refractivity contribution in [3.8, 4) is 6.07 Å². The maximum Gasteiger partial charge on any atom is 0.210 e. The van der Waals surface area contributed by atoms with Gasteiger partial charge in [0, 0.05) is 6.54 Å². The number of carbonyl (C=O) groups excluding carboxylic acids is 1. The van der Waals surface area contributed by atoms with Gasteiger partial charge in [0.25, 0.3) is 0 Å². The molecule has 3 nitrogen and oxygen atoms in total. The lowest BCUT2D eigenvalue weighted by Gasteiger charge is -2.15. The SMILES string of the molecule is N#CC1C2CC2CN1C=O. The average molecular weight is 136 g/mol. The van der Waals surface area contributed by atoms with Gasteiger partial charge in [-0.2, -0.15) is 5.26 Å². The molecule has 0 spiro atoms. The second kappa shape index (κ2) is 1.72. The maximum absolute atomic E-state index is 10.3. The minimum Gasteiger partial charge on any atom is -0.329 e. The zero-order chi connectivity index (χ0) is 7.14. The monoisotopic (exact) mass is 136 g/mol. The first kappa shape index (κ1) is 5.72. The molecule has 1 amide bonds. The lowest BCUT2D eigenvalue weighted by Crippen LogP contribution is -2.30. The fraction of sp³-hybridized carbons (Fsp3) is 0.714. The Bertz CT molecular complexity index is 208. The van der Waals surface area contributed by atoms with E-state index in [2.05, 4.69) is 6.07 Å². The van der Waals surface area contributed by atoms with Crippen LogP contribution in [0.1, 0.15) is 6.42 Å². The van der Waals surface area contributed by atoms with E-state index in [0.717, 1.165) is 19.4 Å². The Hall–Kier alpha value is -1.04. The topological polar surface area (TPSA) is 44.1 Å². The number of carbonyl (C=O) groups is 1. The van der Waals surface area contributed by atoms with E-state index in [9.17, 15) is 4.79 Å². The second-order valence-corrected chi connectivity index (χ2v) is 3.04. The quantitative estimate of drug-likeness (QED) is 0.476. The van der Waals surface area contributed by atoms with Crippen LogP contribution in [0.5, 0.6) is 0 Å². The molecule has 0 aromatic heterocycles. The van der Waals surface area contributed by atoms with Crippen LogP contribution in [0.3, 0.4) is 0 Å². The van der Waals surface area contributed by atoms with E-state index in [-0.39, 0.29) is 6.04 Å². The molecule has 2 fully saturated rings. The van der Waals surface area contributed by atoms with Crippen LogP contribution in [0.4, 0.5) is 0 Å². The molecule has 3 atom stereocenters. The first-order chi connectivity index (χ1) is 4.86. The van der Waals surface area contributed by atoms with Crippen molar-refractivity contribution in [2.24, 2.45) is 11.8 Å². The Morgan fingerprint density at radius 2 is 2.50 bits per heavy atom. The smallest absolute Gasteiger partial charge is 0.210 e. The number of likely N-dealkylation sites (tertiary alicyclic amines) is 1. The molecule has 1 aliphatic carbocycles. The average Bonchev–Trinajstić information content (AvgIpc) is 2.63. The molecule has 1 heterocycles. The van der Waals surface area contributed by atoms with Crippen molar-refractivity contribution < 1.29 is 4.79 Å². The van der Waals surface area contributed by atoms with Gasteiger partial charge in [-0.25, -0.2) is 0 Å². The van der Waals surface area contributed by atoms with Crippen LogP contribution in [0.2, 0.25) is 0 Å². The van der Waals surface area contributed by atoms with Crippen LogP contribution >= 0.6 is 0 Å². The number of nitriles is 1. The molecule has 52 valence electrons. The van der Waals surface area contributed by atoms with Crippen LogP contribution in [-0.4, -0.2) is 23.9 Å². The van der Waals surface area contributed by atoms with E-state index in [4.69, 9.17) is 5.26 Å². The summed E-state index contributed by atoms with van der Waals surface area (Å²) in [7, 11) is 0. The van der Waals surface area contributed by atoms with Crippen molar-refractivity contribution in [2.75, 3.05) is 6.54 Å². The zero-order valence-corrected chi connectivity index (χ0v) is 5.53. The first-order valence-corrected chi connectivity index (χ1v) is 3.47. The van der Waals surface area contributed by atoms with Crippen LogP contribution < -0.4 is 0 Å². The van der Waals surface area contributed by atoms with Crippen molar-refractivity contribution in [3.05, 3.63) is 0 Å². The number of amides is 1. The third-order valence-corrected chi connectivity index (χ3v) is 2.45. The van der Waals surface area contributed by atoms with E-state index in [1.165, 1.54) is 0 Å². The highest BCUT2D eigenvalue weighted by Crippen LogP contribution is 2.48. The molecule has 1 aliphatic heterocycles. The highest BCUT2D eigenvalue weighted by Gasteiger charge is 2.52. The summed E-state index contributed by atoms with van der Waals surface area (Å²) in [6, 6.07) is 2.04. The Morgan fingerprint density at radius 1 is 1.70 bits per heavy atom. The van der Waals surface area contributed by atoms with E-state index >= 15 is 0 Å². The Morgan fingerprint density at radius 3 is 3.00 bits per heavy atom. The van der Waals surface area contributed by atoms with Gasteiger partial charge in [0.05, 0.1) is 6.07 Å². The summed E-state index contributed by atoms with van der Waals surface area (Å²) in [5, 5.41) is 8.61. The fourth-order valence-electron chi connectivity index (χ4n) is 1.78. The largest absolute Gasteiger partial charge is 0.329 e. The summed E-state index contributed by atoms with van der Waals surface area (Å²) in [5.74, 6) is 1.16. The van der Waals surface area contributed by atoms with Gasteiger partial charge in [0.2, 0.25) is 6.41 Å². The van der Waals surface area contributed by atoms with E-state index in [1.54, 1.807) is 4.90 Å². The zero-order valence-electron chi connectivity index (χ0n) is 5.53. The highest BCUT2D eigenvalue weighted by molar-refractivity contribution is 5.51. The predicted molar refractivity (Wildman–Crippen MR) is 33.8 cm³/mol. The van der Waals surface area contributed by atoms with Crippen LogP contribution in [0, 0.1) is 23.2 Å². The summed E-state index contributed by atoms with van der Waals surface area (Å²) < 4.78 is 0. The molecule has 0 aromatic rings. The lowest BCUT2D eigenvalue weighted by atomic mass is 10.2. The molecule has 0 radical (unpaired) electrons.